The molecule has 2 N–H and O–H groups in total. The maximum absolute atomic E-state index is 12.7. The van der Waals surface area contributed by atoms with Gasteiger partial charge in [0.05, 0.1) is 11.3 Å². The van der Waals surface area contributed by atoms with Crippen molar-refractivity contribution in [3.63, 3.8) is 0 Å². The summed E-state index contributed by atoms with van der Waals surface area (Å²) in [6.07, 6.45) is 0.516. The lowest BCUT2D eigenvalue weighted by Crippen LogP contribution is -2.49. The van der Waals surface area contributed by atoms with Gasteiger partial charge in [-0.1, -0.05) is 42.5 Å². The van der Waals surface area contributed by atoms with Crippen LogP contribution in [-0.4, -0.2) is 59.7 Å². The van der Waals surface area contributed by atoms with Crippen molar-refractivity contribution in [3.05, 3.63) is 65.7 Å². The molecule has 156 valence electrons. The van der Waals surface area contributed by atoms with Gasteiger partial charge in [-0.15, -0.1) is 0 Å². The maximum Gasteiger partial charge on any atom is 0.254 e. The fourth-order valence-corrected chi connectivity index (χ4v) is 3.94. The molecule has 7 nitrogen and oxygen atoms in total. The van der Waals surface area contributed by atoms with E-state index >= 15 is 0 Å². The van der Waals surface area contributed by atoms with Crippen LogP contribution in [0, 0.1) is 0 Å². The van der Waals surface area contributed by atoms with Gasteiger partial charge < -0.3 is 15.5 Å². The van der Waals surface area contributed by atoms with E-state index in [0.717, 1.165) is 19.6 Å². The number of carbonyl (C=O) groups is 3. The van der Waals surface area contributed by atoms with Crippen LogP contribution < -0.4 is 10.6 Å². The van der Waals surface area contributed by atoms with Gasteiger partial charge in [0.2, 0.25) is 11.8 Å². The predicted molar refractivity (Wildman–Crippen MR) is 114 cm³/mol. The molecule has 7 heteroatoms. The molecular weight excluding hydrogens is 380 g/mol. The van der Waals surface area contributed by atoms with Gasteiger partial charge in [0.15, 0.2) is 0 Å². The third kappa shape index (κ3) is 4.68. The first-order valence-corrected chi connectivity index (χ1v) is 10.3. The van der Waals surface area contributed by atoms with Crippen LogP contribution in [0.1, 0.15) is 28.8 Å². The van der Waals surface area contributed by atoms with Crippen molar-refractivity contribution < 1.29 is 14.4 Å². The lowest BCUT2D eigenvalue weighted by atomic mass is 10.1. The molecule has 0 aliphatic carbocycles. The summed E-state index contributed by atoms with van der Waals surface area (Å²) in [4.78, 5) is 41.7. The molecule has 4 rings (SSSR count). The molecule has 2 aliphatic rings. The zero-order chi connectivity index (χ0) is 20.9. The molecule has 0 unspecified atom stereocenters. The highest BCUT2D eigenvalue weighted by Crippen LogP contribution is 2.19. The number of piperazine rings is 1. The molecule has 2 heterocycles. The molecule has 30 heavy (non-hydrogen) atoms. The number of nitrogens with zero attached hydrogens (tertiary/aromatic N) is 2. The second-order valence-corrected chi connectivity index (χ2v) is 7.74. The van der Waals surface area contributed by atoms with Crippen LogP contribution in [0.2, 0.25) is 0 Å². The molecule has 0 bridgehead atoms. The minimum absolute atomic E-state index is 0.0261. The third-order valence-corrected chi connectivity index (χ3v) is 5.67. The van der Waals surface area contributed by atoms with Crippen molar-refractivity contribution in [2.45, 2.75) is 25.4 Å². The Bertz CT molecular complexity index is 923. The van der Waals surface area contributed by atoms with Crippen LogP contribution in [0.15, 0.2) is 54.6 Å². The fourth-order valence-electron chi connectivity index (χ4n) is 3.94. The molecular formula is C23H26N4O3. The van der Waals surface area contributed by atoms with Gasteiger partial charge in [-0.05, 0) is 24.1 Å². The largest absolute Gasteiger partial charge is 0.340 e. The quantitative estimate of drug-likeness (QED) is 0.794. The van der Waals surface area contributed by atoms with Crippen molar-refractivity contribution >= 4 is 23.4 Å². The van der Waals surface area contributed by atoms with Crippen LogP contribution >= 0.6 is 0 Å². The highest BCUT2D eigenvalue weighted by molar-refractivity contribution is 6.09. The average molecular weight is 406 g/mol. The molecule has 0 radical (unpaired) electrons. The summed E-state index contributed by atoms with van der Waals surface area (Å²) in [6, 6.07) is 16.5. The predicted octanol–water partition coefficient (Wildman–Crippen LogP) is 1.86. The van der Waals surface area contributed by atoms with E-state index in [4.69, 9.17) is 0 Å². The first kappa shape index (κ1) is 20.1. The Hall–Kier alpha value is -3.19. The number of amides is 3. The van der Waals surface area contributed by atoms with Crippen molar-refractivity contribution in [1.29, 1.82) is 0 Å². The zero-order valence-electron chi connectivity index (χ0n) is 16.8. The highest BCUT2D eigenvalue weighted by atomic mass is 16.2. The molecule has 1 saturated heterocycles. The molecule has 1 fully saturated rings. The Labute approximate surface area is 176 Å². The summed E-state index contributed by atoms with van der Waals surface area (Å²) in [5.41, 5.74) is 2.21. The van der Waals surface area contributed by atoms with E-state index in [2.05, 4.69) is 27.7 Å². The van der Waals surface area contributed by atoms with Crippen molar-refractivity contribution in [2.24, 2.45) is 0 Å². The lowest BCUT2D eigenvalue weighted by Gasteiger charge is -2.35. The van der Waals surface area contributed by atoms with E-state index in [1.165, 1.54) is 5.56 Å². The number of nitrogens with one attached hydrogen (secondary N) is 2. The molecule has 0 aromatic heterocycles. The first-order valence-electron chi connectivity index (χ1n) is 10.3. The standard InChI is InChI=1S/C23H26N4O3/c28-21(27-14-12-26(13-15-27)16-17-6-2-1-3-7-17)11-10-20-23(30)24-19-9-5-4-8-18(19)22(29)25-20/h1-9,20H,10-16H2,(H,24,30)(H,25,29)/t20-/m1/s1. The minimum atomic E-state index is -0.715. The number of fused-ring (bicyclic) bond motifs is 1. The van der Waals surface area contributed by atoms with Crippen LogP contribution in [0.25, 0.3) is 0 Å². The van der Waals surface area contributed by atoms with Crippen LogP contribution in [0.5, 0.6) is 0 Å². The molecule has 0 spiro atoms. The topological polar surface area (TPSA) is 81.8 Å². The molecule has 0 saturated carbocycles. The fraction of sp³-hybridized carbons (Fsp3) is 0.348. The Balaban J connectivity index is 1.26. The molecule has 3 amide bonds. The minimum Gasteiger partial charge on any atom is -0.340 e. The molecule has 2 aromatic rings. The Morgan fingerprint density at radius 3 is 2.40 bits per heavy atom. The number of hydrogen-bond donors (Lipinski definition) is 2. The second-order valence-electron chi connectivity index (χ2n) is 7.74. The number of benzene rings is 2. The van der Waals surface area contributed by atoms with Gasteiger partial charge in [0.25, 0.3) is 5.91 Å². The number of hydrogen-bond acceptors (Lipinski definition) is 4. The Kier molecular flexibility index (Phi) is 6.09. The Morgan fingerprint density at radius 2 is 1.63 bits per heavy atom. The van der Waals surface area contributed by atoms with E-state index in [1.807, 2.05) is 23.1 Å². The van der Waals surface area contributed by atoms with Crippen molar-refractivity contribution in [2.75, 3.05) is 31.5 Å². The van der Waals surface area contributed by atoms with Crippen molar-refractivity contribution in [1.82, 2.24) is 15.1 Å². The van der Waals surface area contributed by atoms with Crippen LogP contribution in [0.3, 0.4) is 0 Å². The SMILES string of the molecule is O=C1N[C@H](CCC(=O)N2CCN(Cc3ccccc3)CC2)C(=O)Nc2ccccc21. The molecule has 1 atom stereocenters. The summed E-state index contributed by atoms with van der Waals surface area (Å²) in [7, 11) is 0. The van der Waals surface area contributed by atoms with Gasteiger partial charge in [0.1, 0.15) is 6.04 Å². The maximum atomic E-state index is 12.7. The van der Waals surface area contributed by atoms with Crippen molar-refractivity contribution in [3.8, 4) is 0 Å². The van der Waals surface area contributed by atoms with E-state index in [9.17, 15) is 14.4 Å². The zero-order valence-corrected chi connectivity index (χ0v) is 16.8. The normalized spacial score (nSPS) is 19.5. The number of para-hydroxylation sites is 1. The van der Waals surface area contributed by atoms with Gasteiger partial charge >= 0.3 is 0 Å². The Morgan fingerprint density at radius 1 is 0.933 bits per heavy atom. The first-order chi connectivity index (χ1) is 14.6. The lowest BCUT2D eigenvalue weighted by molar-refractivity contribution is -0.133. The van der Waals surface area contributed by atoms with E-state index in [-0.39, 0.29) is 30.6 Å². The van der Waals surface area contributed by atoms with Gasteiger partial charge in [-0.2, -0.15) is 0 Å². The van der Waals surface area contributed by atoms with Gasteiger partial charge in [0, 0.05) is 39.1 Å². The van der Waals surface area contributed by atoms with E-state index < -0.39 is 6.04 Å². The number of rotatable bonds is 5. The average Bonchev–Trinajstić information content (AvgIpc) is 2.89. The summed E-state index contributed by atoms with van der Waals surface area (Å²) in [6.45, 7) is 3.91. The number of carbonyl (C=O) groups excluding carboxylic acids is 3. The van der Waals surface area contributed by atoms with E-state index in [1.54, 1.807) is 24.3 Å². The second kappa shape index (κ2) is 9.09. The highest BCUT2D eigenvalue weighted by Gasteiger charge is 2.29. The van der Waals surface area contributed by atoms with Crippen LogP contribution in [0.4, 0.5) is 5.69 Å². The summed E-state index contributed by atoms with van der Waals surface area (Å²) in [5, 5.41) is 5.53. The van der Waals surface area contributed by atoms with E-state index in [0.29, 0.717) is 24.3 Å². The smallest absolute Gasteiger partial charge is 0.254 e. The molecule has 2 aromatic carbocycles. The summed E-state index contributed by atoms with van der Waals surface area (Å²) < 4.78 is 0. The number of anilines is 1. The van der Waals surface area contributed by atoms with Gasteiger partial charge in [-0.25, -0.2) is 0 Å². The van der Waals surface area contributed by atoms with Gasteiger partial charge in [-0.3, -0.25) is 19.3 Å². The molecule has 2 aliphatic heterocycles. The third-order valence-electron chi connectivity index (χ3n) is 5.67. The summed E-state index contributed by atoms with van der Waals surface area (Å²) in [5.74, 6) is -0.553. The monoisotopic (exact) mass is 406 g/mol. The van der Waals surface area contributed by atoms with Crippen LogP contribution in [-0.2, 0) is 16.1 Å². The summed E-state index contributed by atoms with van der Waals surface area (Å²) >= 11 is 0.